The summed E-state index contributed by atoms with van der Waals surface area (Å²) >= 11 is 1.48. The number of fused-ring (bicyclic) bond motifs is 1. The summed E-state index contributed by atoms with van der Waals surface area (Å²) in [7, 11) is 0. The fourth-order valence-corrected chi connectivity index (χ4v) is 3.35. The second-order valence-corrected chi connectivity index (χ2v) is 6.91. The van der Waals surface area contributed by atoms with Gasteiger partial charge in [-0.25, -0.2) is 4.39 Å². The van der Waals surface area contributed by atoms with Crippen molar-refractivity contribution >= 4 is 29.2 Å². The van der Waals surface area contributed by atoms with Crippen LogP contribution in [0.3, 0.4) is 0 Å². The van der Waals surface area contributed by atoms with Gasteiger partial charge in [0.2, 0.25) is 5.78 Å². The van der Waals surface area contributed by atoms with Gasteiger partial charge in [-0.3, -0.25) is 9.59 Å². The second kappa shape index (κ2) is 7.17. The van der Waals surface area contributed by atoms with Crippen molar-refractivity contribution in [1.82, 2.24) is 0 Å². The van der Waals surface area contributed by atoms with Crippen molar-refractivity contribution in [3.63, 3.8) is 0 Å². The monoisotopic (exact) mass is 380 g/mol. The van der Waals surface area contributed by atoms with Crippen molar-refractivity contribution in [2.75, 3.05) is 0 Å². The number of rotatable bonds is 4. The van der Waals surface area contributed by atoms with E-state index < -0.39 is 0 Å². The van der Waals surface area contributed by atoms with E-state index in [1.807, 2.05) is 17.5 Å². The third kappa shape index (κ3) is 3.80. The molecule has 27 heavy (non-hydrogen) atoms. The van der Waals surface area contributed by atoms with Gasteiger partial charge in [0, 0.05) is 10.9 Å². The molecule has 0 saturated carbocycles. The van der Waals surface area contributed by atoms with Gasteiger partial charge < -0.3 is 9.47 Å². The number of hydrogen-bond donors (Lipinski definition) is 0. The van der Waals surface area contributed by atoms with E-state index in [0.29, 0.717) is 22.6 Å². The molecule has 0 radical (unpaired) electrons. The minimum absolute atomic E-state index is 0.138. The molecule has 0 atom stereocenters. The average Bonchev–Trinajstić information content (AvgIpc) is 3.25. The molecule has 0 unspecified atom stereocenters. The second-order valence-electron chi connectivity index (χ2n) is 5.88. The predicted molar refractivity (Wildman–Crippen MR) is 99.4 cm³/mol. The van der Waals surface area contributed by atoms with Gasteiger partial charge >= 0.3 is 5.97 Å². The molecule has 0 saturated heterocycles. The zero-order valence-electron chi connectivity index (χ0n) is 14.0. The lowest BCUT2D eigenvalue weighted by molar-refractivity contribution is -0.133. The Bertz CT molecular complexity index is 1040. The van der Waals surface area contributed by atoms with E-state index in [-0.39, 0.29) is 29.7 Å². The number of carbonyl (C=O) groups is 2. The maximum Gasteiger partial charge on any atom is 0.316 e. The van der Waals surface area contributed by atoms with E-state index in [1.165, 1.54) is 29.5 Å². The summed E-state index contributed by atoms with van der Waals surface area (Å²) in [5.74, 6) is -0.234. The van der Waals surface area contributed by atoms with E-state index in [9.17, 15) is 14.0 Å². The maximum absolute atomic E-state index is 13.0. The SMILES string of the molecule is O=C(Cc1cccs1)Oc1ccc2c(c1)O/C(=C\c1ccc(F)cc1)C2=O. The molecular weight excluding hydrogens is 367 g/mol. The van der Waals surface area contributed by atoms with Gasteiger partial charge in [0.05, 0.1) is 12.0 Å². The van der Waals surface area contributed by atoms with Crippen molar-refractivity contribution in [3.05, 3.63) is 87.6 Å². The van der Waals surface area contributed by atoms with E-state index in [4.69, 9.17) is 9.47 Å². The fourth-order valence-electron chi connectivity index (χ4n) is 2.66. The molecule has 0 bridgehead atoms. The highest BCUT2D eigenvalue weighted by atomic mass is 32.1. The quantitative estimate of drug-likeness (QED) is 0.376. The van der Waals surface area contributed by atoms with Crippen LogP contribution in [0.15, 0.2) is 65.7 Å². The third-order valence-electron chi connectivity index (χ3n) is 3.94. The standard InChI is InChI=1S/C21H13FO4S/c22-14-5-3-13(4-6-14)10-19-21(24)17-8-7-15(11-18(17)26-19)25-20(23)12-16-2-1-9-27-16/h1-11H,12H2/b19-10-. The average molecular weight is 380 g/mol. The molecule has 6 heteroatoms. The van der Waals surface area contributed by atoms with Crippen LogP contribution in [-0.4, -0.2) is 11.8 Å². The summed E-state index contributed by atoms with van der Waals surface area (Å²) in [5.41, 5.74) is 1.04. The highest BCUT2D eigenvalue weighted by Crippen LogP contribution is 2.35. The Morgan fingerprint density at radius 3 is 2.70 bits per heavy atom. The molecule has 0 N–H and O–H groups in total. The number of allylic oxidation sites excluding steroid dienone is 1. The van der Waals surface area contributed by atoms with Crippen molar-refractivity contribution in [3.8, 4) is 11.5 Å². The highest BCUT2D eigenvalue weighted by molar-refractivity contribution is 7.10. The van der Waals surface area contributed by atoms with Crippen molar-refractivity contribution < 1.29 is 23.5 Å². The number of halogens is 1. The smallest absolute Gasteiger partial charge is 0.316 e. The molecule has 0 aliphatic carbocycles. The first-order chi connectivity index (χ1) is 13.1. The van der Waals surface area contributed by atoms with Crippen LogP contribution in [0, 0.1) is 5.82 Å². The van der Waals surface area contributed by atoms with Gasteiger partial charge in [-0.05, 0) is 47.4 Å². The number of Topliss-reactive ketones (excluding diaryl/α,β-unsaturated/α-hetero) is 1. The number of ether oxygens (including phenoxy) is 2. The van der Waals surface area contributed by atoms with Gasteiger partial charge in [-0.2, -0.15) is 0 Å². The van der Waals surface area contributed by atoms with E-state index in [2.05, 4.69) is 0 Å². The number of esters is 1. The van der Waals surface area contributed by atoms with Crippen LogP contribution in [0.25, 0.3) is 6.08 Å². The maximum atomic E-state index is 13.0. The highest BCUT2D eigenvalue weighted by Gasteiger charge is 2.28. The lowest BCUT2D eigenvalue weighted by atomic mass is 10.1. The Balaban J connectivity index is 1.50. The molecule has 1 aliphatic heterocycles. The molecular formula is C21H13FO4S. The molecule has 0 fully saturated rings. The number of carbonyl (C=O) groups excluding carboxylic acids is 2. The first-order valence-corrected chi connectivity index (χ1v) is 9.03. The lowest BCUT2D eigenvalue weighted by Gasteiger charge is -2.05. The molecule has 1 aromatic heterocycles. The number of hydrogen-bond acceptors (Lipinski definition) is 5. The van der Waals surface area contributed by atoms with Crippen LogP contribution < -0.4 is 9.47 Å². The Morgan fingerprint density at radius 1 is 1.15 bits per heavy atom. The summed E-state index contributed by atoms with van der Waals surface area (Å²) in [4.78, 5) is 25.4. The van der Waals surface area contributed by atoms with Crippen LogP contribution in [-0.2, 0) is 11.2 Å². The molecule has 2 heterocycles. The Kier molecular flexibility index (Phi) is 4.56. The summed E-state index contributed by atoms with van der Waals surface area (Å²) in [5, 5.41) is 1.90. The molecule has 2 aromatic carbocycles. The minimum atomic E-state index is -0.385. The van der Waals surface area contributed by atoms with Crippen LogP contribution in [0.5, 0.6) is 11.5 Å². The molecule has 4 rings (SSSR count). The topological polar surface area (TPSA) is 52.6 Å². The Hall–Kier alpha value is -3.25. The molecule has 3 aromatic rings. The van der Waals surface area contributed by atoms with Crippen LogP contribution >= 0.6 is 11.3 Å². The summed E-state index contributed by atoms with van der Waals surface area (Å²) < 4.78 is 23.9. The summed E-state index contributed by atoms with van der Waals surface area (Å²) in [6.45, 7) is 0. The Labute approximate surface area is 158 Å². The Morgan fingerprint density at radius 2 is 1.96 bits per heavy atom. The predicted octanol–water partition coefficient (Wildman–Crippen LogP) is 4.65. The van der Waals surface area contributed by atoms with Crippen LogP contribution in [0.2, 0.25) is 0 Å². The normalized spacial score (nSPS) is 14.1. The van der Waals surface area contributed by atoms with Gasteiger partial charge in [-0.1, -0.05) is 18.2 Å². The molecule has 134 valence electrons. The molecule has 0 amide bonds. The van der Waals surface area contributed by atoms with Crippen molar-refractivity contribution in [1.29, 1.82) is 0 Å². The van der Waals surface area contributed by atoms with Crippen LogP contribution in [0.4, 0.5) is 4.39 Å². The minimum Gasteiger partial charge on any atom is -0.452 e. The van der Waals surface area contributed by atoms with Crippen molar-refractivity contribution in [2.24, 2.45) is 0 Å². The van der Waals surface area contributed by atoms with Gasteiger partial charge in [0.15, 0.2) is 5.76 Å². The first kappa shape index (κ1) is 17.2. The number of ketones is 1. The van der Waals surface area contributed by atoms with E-state index in [1.54, 1.807) is 30.3 Å². The number of thiophene rings is 1. The van der Waals surface area contributed by atoms with Gasteiger partial charge in [-0.15, -0.1) is 11.3 Å². The fraction of sp³-hybridized carbons (Fsp3) is 0.0476. The number of benzene rings is 2. The first-order valence-electron chi connectivity index (χ1n) is 8.15. The van der Waals surface area contributed by atoms with Crippen molar-refractivity contribution in [2.45, 2.75) is 6.42 Å². The zero-order valence-corrected chi connectivity index (χ0v) is 14.8. The van der Waals surface area contributed by atoms with Gasteiger partial charge in [0.1, 0.15) is 17.3 Å². The zero-order chi connectivity index (χ0) is 18.8. The van der Waals surface area contributed by atoms with Crippen LogP contribution in [0.1, 0.15) is 20.8 Å². The van der Waals surface area contributed by atoms with E-state index >= 15 is 0 Å². The third-order valence-corrected chi connectivity index (χ3v) is 4.82. The summed E-state index contributed by atoms with van der Waals surface area (Å²) in [6.07, 6.45) is 1.73. The van der Waals surface area contributed by atoms with E-state index in [0.717, 1.165) is 4.88 Å². The van der Waals surface area contributed by atoms with Gasteiger partial charge in [0.25, 0.3) is 0 Å². The largest absolute Gasteiger partial charge is 0.452 e. The lowest BCUT2D eigenvalue weighted by Crippen LogP contribution is -2.10. The molecule has 4 nitrogen and oxygen atoms in total. The molecule has 0 spiro atoms. The summed E-state index contributed by atoms with van der Waals surface area (Å²) in [6, 6.07) is 14.1. The molecule has 1 aliphatic rings.